The van der Waals surface area contributed by atoms with E-state index in [9.17, 15) is 4.79 Å². The van der Waals surface area contributed by atoms with Crippen molar-refractivity contribution in [2.45, 2.75) is 32.7 Å². The molecule has 114 valence electrons. The molecule has 4 heteroatoms. The summed E-state index contributed by atoms with van der Waals surface area (Å²) >= 11 is 1.66. The third kappa shape index (κ3) is 2.20. The standard InChI is InChI=1S/C19H16N2OS/c1-3-10-21-17(13-7-4-6-12(2)11-13)20-18-16(19(21)22)14-8-5-9-15(14)23-18/h1,4,6-7,11H,5,8-10H2,2H3. The Hall–Kier alpha value is -2.38. The molecule has 0 aliphatic heterocycles. The number of benzene rings is 1. The molecule has 4 rings (SSSR count). The molecular formula is C19H16N2OS. The molecule has 1 aliphatic carbocycles. The lowest BCUT2D eigenvalue weighted by molar-refractivity contribution is 0.794. The van der Waals surface area contributed by atoms with Gasteiger partial charge in [-0.25, -0.2) is 4.98 Å². The number of hydrogen-bond donors (Lipinski definition) is 0. The molecule has 0 bridgehead atoms. The third-order valence-corrected chi connectivity index (χ3v) is 5.54. The summed E-state index contributed by atoms with van der Waals surface area (Å²) in [7, 11) is 0. The lowest BCUT2D eigenvalue weighted by atomic mass is 10.1. The van der Waals surface area contributed by atoms with E-state index in [1.165, 1.54) is 10.4 Å². The van der Waals surface area contributed by atoms with Gasteiger partial charge in [0.15, 0.2) is 0 Å². The SMILES string of the molecule is C#CCn1c(-c2cccc(C)c2)nc2sc3c(c2c1=O)CCC3. The van der Waals surface area contributed by atoms with Crippen molar-refractivity contribution in [3.05, 3.63) is 50.6 Å². The van der Waals surface area contributed by atoms with E-state index in [0.29, 0.717) is 5.82 Å². The minimum absolute atomic E-state index is 0.00357. The zero-order valence-corrected chi connectivity index (χ0v) is 13.7. The summed E-state index contributed by atoms with van der Waals surface area (Å²) in [6.07, 6.45) is 8.67. The number of aromatic nitrogens is 2. The smallest absolute Gasteiger partial charge is 0.263 e. The second-order valence-electron chi connectivity index (χ2n) is 5.94. The second-order valence-corrected chi connectivity index (χ2v) is 7.02. The average molecular weight is 320 g/mol. The van der Waals surface area contributed by atoms with Crippen LogP contribution >= 0.6 is 11.3 Å². The second kappa shape index (κ2) is 5.36. The van der Waals surface area contributed by atoms with E-state index in [2.05, 4.69) is 5.92 Å². The molecule has 0 N–H and O–H groups in total. The Balaban J connectivity index is 2.06. The summed E-state index contributed by atoms with van der Waals surface area (Å²) in [5, 5.41) is 0.786. The minimum Gasteiger partial charge on any atom is -0.280 e. The number of nitrogens with zero attached hydrogens (tertiary/aromatic N) is 2. The molecule has 0 spiro atoms. The van der Waals surface area contributed by atoms with Gasteiger partial charge in [-0.3, -0.25) is 9.36 Å². The molecule has 0 unspecified atom stereocenters. The van der Waals surface area contributed by atoms with Gasteiger partial charge in [-0.15, -0.1) is 17.8 Å². The van der Waals surface area contributed by atoms with Crippen molar-refractivity contribution >= 4 is 21.6 Å². The van der Waals surface area contributed by atoms with Gasteiger partial charge in [0.05, 0.1) is 11.9 Å². The molecule has 3 aromatic rings. The molecule has 2 heterocycles. The van der Waals surface area contributed by atoms with Gasteiger partial charge in [-0.1, -0.05) is 29.7 Å². The van der Waals surface area contributed by atoms with Gasteiger partial charge in [0.1, 0.15) is 10.7 Å². The lowest BCUT2D eigenvalue weighted by Crippen LogP contribution is -2.23. The Morgan fingerprint density at radius 3 is 3.04 bits per heavy atom. The highest BCUT2D eigenvalue weighted by atomic mass is 32.1. The largest absolute Gasteiger partial charge is 0.280 e. The van der Waals surface area contributed by atoms with Gasteiger partial charge in [-0.05, 0) is 37.8 Å². The van der Waals surface area contributed by atoms with Crippen molar-refractivity contribution in [1.29, 1.82) is 0 Å². The fourth-order valence-electron chi connectivity index (χ4n) is 3.32. The molecular weight excluding hydrogens is 304 g/mol. The maximum atomic E-state index is 13.1. The van der Waals surface area contributed by atoms with E-state index in [4.69, 9.17) is 11.4 Å². The first kappa shape index (κ1) is 14.2. The molecule has 23 heavy (non-hydrogen) atoms. The van der Waals surface area contributed by atoms with Crippen LogP contribution in [0.2, 0.25) is 0 Å². The highest BCUT2D eigenvalue weighted by molar-refractivity contribution is 7.18. The van der Waals surface area contributed by atoms with Crippen LogP contribution in [0.4, 0.5) is 0 Å². The normalized spacial score (nSPS) is 13.2. The molecule has 0 saturated carbocycles. The topological polar surface area (TPSA) is 34.9 Å². The van der Waals surface area contributed by atoms with Crippen LogP contribution in [0.15, 0.2) is 29.1 Å². The van der Waals surface area contributed by atoms with Crippen molar-refractivity contribution in [3.63, 3.8) is 0 Å². The number of fused-ring (bicyclic) bond motifs is 3. The van der Waals surface area contributed by atoms with Crippen LogP contribution < -0.4 is 5.56 Å². The predicted octanol–water partition coefficient (Wildman–Crippen LogP) is 3.56. The maximum absolute atomic E-state index is 13.1. The van der Waals surface area contributed by atoms with Crippen LogP contribution in [0.25, 0.3) is 21.6 Å². The Kier molecular flexibility index (Phi) is 3.32. The van der Waals surface area contributed by atoms with Gasteiger partial charge in [0.25, 0.3) is 5.56 Å². The molecule has 3 nitrogen and oxygen atoms in total. The number of thiophene rings is 1. The van der Waals surface area contributed by atoms with Crippen LogP contribution in [0.1, 0.15) is 22.4 Å². The zero-order chi connectivity index (χ0) is 16.0. The first-order chi connectivity index (χ1) is 11.2. The summed E-state index contributed by atoms with van der Waals surface area (Å²) in [4.78, 5) is 20.0. The van der Waals surface area contributed by atoms with Crippen molar-refractivity contribution in [2.24, 2.45) is 0 Å². The summed E-state index contributed by atoms with van der Waals surface area (Å²) in [5.74, 6) is 3.27. The highest BCUT2D eigenvalue weighted by Crippen LogP contribution is 2.35. The van der Waals surface area contributed by atoms with Crippen molar-refractivity contribution in [2.75, 3.05) is 0 Å². The van der Waals surface area contributed by atoms with Crippen LogP contribution in [0, 0.1) is 19.3 Å². The van der Waals surface area contributed by atoms with Gasteiger partial charge in [0.2, 0.25) is 0 Å². The number of terminal acetylenes is 1. The Morgan fingerprint density at radius 2 is 2.26 bits per heavy atom. The van der Waals surface area contributed by atoms with Gasteiger partial charge in [0, 0.05) is 10.4 Å². The third-order valence-electron chi connectivity index (χ3n) is 4.35. The molecule has 0 amide bonds. The Labute approximate surface area is 138 Å². The number of rotatable bonds is 2. The van der Waals surface area contributed by atoms with Crippen LogP contribution in [-0.4, -0.2) is 9.55 Å². The van der Waals surface area contributed by atoms with Crippen LogP contribution in [0.5, 0.6) is 0 Å². The van der Waals surface area contributed by atoms with E-state index in [1.54, 1.807) is 15.9 Å². The first-order valence-electron chi connectivity index (χ1n) is 7.74. The van der Waals surface area contributed by atoms with E-state index >= 15 is 0 Å². The van der Waals surface area contributed by atoms with Crippen LogP contribution in [0.3, 0.4) is 0 Å². The van der Waals surface area contributed by atoms with E-state index in [0.717, 1.165) is 40.6 Å². The monoisotopic (exact) mass is 320 g/mol. The molecule has 2 aromatic heterocycles. The summed E-state index contributed by atoms with van der Waals surface area (Å²) in [5.41, 5.74) is 3.28. The fraction of sp³-hybridized carbons (Fsp3) is 0.263. The summed E-state index contributed by atoms with van der Waals surface area (Å²) < 4.78 is 1.64. The van der Waals surface area contributed by atoms with E-state index < -0.39 is 0 Å². The fourth-order valence-corrected chi connectivity index (χ4v) is 4.57. The summed E-state index contributed by atoms with van der Waals surface area (Å²) in [6.45, 7) is 2.28. The van der Waals surface area contributed by atoms with Crippen LogP contribution in [-0.2, 0) is 19.4 Å². The zero-order valence-electron chi connectivity index (χ0n) is 12.9. The molecule has 1 aromatic carbocycles. The Bertz CT molecular complexity index is 1020. The lowest BCUT2D eigenvalue weighted by Gasteiger charge is -2.11. The molecule has 0 fully saturated rings. The molecule has 1 aliphatic rings. The van der Waals surface area contributed by atoms with Gasteiger partial charge < -0.3 is 0 Å². The molecule has 0 saturated heterocycles. The van der Waals surface area contributed by atoms with Crippen molar-refractivity contribution in [3.8, 4) is 23.7 Å². The number of hydrogen-bond acceptors (Lipinski definition) is 3. The minimum atomic E-state index is 0.00357. The highest BCUT2D eigenvalue weighted by Gasteiger charge is 2.23. The van der Waals surface area contributed by atoms with Crippen molar-refractivity contribution < 1.29 is 0 Å². The first-order valence-corrected chi connectivity index (χ1v) is 8.56. The van der Waals surface area contributed by atoms with E-state index in [1.807, 2.05) is 31.2 Å². The molecule has 0 atom stereocenters. The summed E-state index contributed by atoms with van der Waals surface area (Å²) in [6, 6.07) is 8.04. The quantitative estimate of drug-likeness (QED) is 0.677. The molecule has 0 radical (unpaired) electrons. The average Bonchev–Trinajstić information content (AvgIpc) is 3.10. The maximum Gasteiger partial charge on any atom is 0.263 e. The van der Waals surface area contributed by atoms with Gasteiger partial charge in [-0.2, -0.15) is 0 Å². The predicted molar refractivity (Wildman–Crippen MR) is 94.9 cm³/mol. The Morgan fingerprint density at radius 1 is 1.39 bits per heavy atom. The number of aryl methyl sites for hydroxylation is 3. The van der Waals surface area contributed by atoms with E-state index in [-0.39, 0.29) is 12.1 Å². The van der Waals surface area contributed by atoms with Crippen molar-refractivity contribution in [1.82, 2.24) is 9.55 Å². The van der Waals surface area contributed by atoms with Gasteiger partial charge >= 0.3 is 0 Å².